The Labute approximate surface area is 132 Å². The second-order valence-electron chi connectivity index (χ2n) is 6.18. The minimum Gasteiger partial charge on any atom is -0.326 e. The van der Waals surface area contributed by atoms with Crippen LogP contribution in [0.5, 0.6) is 0 Å². The minimum atomic E-state index is 0.0783. The number of nitrogens with zero attached hydrogens (tertiary/aromatic N) is 2. The van der Waals surface area contributed by atoms with Gasteiger partial charge in [0.2, 0.25) is 0 Å². The number of anilines is 1. The maximum absolute atomic E-state index is 12.0. The molecule has 114 valence electrons. The van der Waals surface area contributed by atoms with Crippen molar-refractivity contribution in [3.63, 3.8) is 0 Å². The molecule has 1 saturated heterocycles. The maximum atomic E-state index is 12.0. The number of hydrogen-bond acceptors (Lipinski definition) is 1. The van der Waals surface area contributed by atoms with Crippen LogP contribution in [0.15, 0.2) is 48.5 Å². The summed E-state index contributed by atoms with van der Waals surface area (Å²) in [7, 11) is 1.84. The third kappa shape index (κ3) is 2.71. The number of urea groups is 1. The van der Waals surface area contributed by atoms with Crippen LogP contribution in [0.3, 0.4) is 0 Å². The van der Waals surface area contributed by atoms with E-state index in [1.165, 1.54) is 16.7 Å². The number of rotatable bonds is 3. The summed E-state index contributed by atoms with van der Waals surface area (Å²) in [4.78, 5) is 15.6. The van der Waals surface area contributed by atoms with Gasteiger partial charge in [0.05, 0.1) is 0 Å². The van der Waals surface area contributed by atoms with Gasteiger partial charge in [0.15, 0.2) is 0 Å². The van der Waals surface area contributed by atoms with Crippen LogP contribution in [-0.2, 0) is 0 Å². The van der Waals surface area contributed by atoms with Crippen molar-refractivity contribution < 1.29 is 4.79 Å². The minimum absolute atomic E-state index is 0.0783. The molecule has 3 heteroatoms. The standard InChI is InChI=1S/C19H22N2O/c1-14(2)16-5-4-6-17(13-16)15-7-9-18(10-8-15)21-12-11-20(3)19(21)22/h4-10,13-14H,11-12H2,1-3H3. The Morgan fingerprint density at radius 1 is 0.955 bits per heavy atom. The molecule has 1 aliphatic heterocycles. The summed E-state index contributed by atoms with van der Waals surface area (Å²) in [6.07, 6.45) is 0. The van der Waals surface area contributed by atoms with Crippen LogP contribution in [-0.4, -0.2) is 31.1 Å². The SMILES string of the molecule is CC(C)c1cccc(-c2ccc(N3CCN(C)C3=O)cc2)c1. The molecule has 0 aliphatic carbocycles. The van der Waals surface area contributed by atoms with E-state index in [0.29, 0.717) is 5.92 Å². The molecule has 2 aromatic rings. The topological polar surface area (TPSA) is 23.6 Å². The molecule has 3 nitrogen and oxygen atoms in total. The lowest BCUT2D eigenvalue weighted by Gasteiger charge is -2.16. The zero-order valence-corrected chi connectivity index (χ0v) is 13.4. The zero-order valence-electron chi connectivity index (χ0n) is 13.4. The van der Waals surface area contributed by atoms with Crippen molar-refractivity contribution >= 4 is 11.7 Å². The fraction of sp³-hybridized carbons (Fsp3) is 0.316. The van der Waals surface area contributed by atoms with Gasteiger partial charge in [-0.25, -0.2) is 4.79 Å². The molecule has 1 aliphatic rings. The van der Waals surface area contributed by atoms with Gasteiger partial charge >= 0.3 is 6.03 Å². The molecule has 1 heterocycles. The molecule has 0 bridgehead atoms. The Balaban J connectivity index is 1.85. The van der Waals surface area contributed by atoms with E-state index in [2.05, 4.69) is 50.2 Å². The highest BCUT2D eigenvalue weighted by Crippen LogP contribution is 2.27. The van der Waals surface area contributed by atoms with Crippen LogP contribution in [0.4, 0.5) is 10.5 Å². The molecule has 1 fully saturated rings. The number of amides is 2. The van der Waals surface area contributed by atoms with E-state index in [1.807, 2.05) is 24.1 Å². The third-order valence-electron chi connectivity index (χ3n) is 4.28. The van der Waals surface area contributed by atoms with Crippen molar-refractivity contribution in [3.8, 4) is 11.1 Å². The summed E-state index contributed by atoms with van der Waals surface area (Å²) in [6.45, 7) is 5.96. The molecule has 22 heavy (non-hydrogen) atoms. The van der Waals surface area contributed by atoms with Gasteiger partial charge in [0.1, 0.15) is 0 Å². The number of hydrogen-bond donors (Lipinski definition) is 0. The first-order valence-corrected chi connectivity index (χ1v) is 7.79. The summed E-state index contributed by atoms with van der Waals surface area (Å²) >= 11 is 0. The van der Waals surface area contributed by atoms with E-state index in [4.69, 9.17) is 0 Å². The molecule has 0 atom stereocenters. The number of benzene rings is 2. The largest absolute Gasteiger partial charge is 0.326 e. The second-order valence-corrected chi connectivity index (χ2v) is 6.18. The summed E-state index contributed by atoms with van der Waals surface area (Å²) in [5.74, 6) is 0.525. The lowest BCUT2D eigenvalue weighted by Crippen LogP contribution is -2.29. The van der Waals surface area contributed by atoms with Gasteiger partial charge in [-0.3, -0.25) is 4.90 Å². The van der Waals surface area contributed by atoms with Crippen molar-refractivity contribution in [2.24, 2.45) is 0 Å². The van der Waals surface area contributed by atoms with Crippen LogP contribution in [0.25, 0.3) is 11.1 Å². The van der Waals surface area contributed by atoms with Crippen LogP contribution < -0.4 is 4.90 Å². The van der Waals surface area contributed by atoms with Gasteiger partial charge in [-0.15, -0.1) is 0 Å². The van der Waals surface area contributed by atoms with Crippen molar-refractivity contribution in [1.82, 2.24) is 4.90 Å². The van der Waals surface area contributed by atoms with E-state index >= 15 is 0 Å². The molecule has 2 aromatic carbocycles. The van der Waals surface area contributed by atoms with E-state index in [9.17, 15) is 4.79 Å². The maximum Gasteiger partial charge on any atom is 0.324 e. The number of carbonyl (C=O) groups is 1. The van der Waals surface area contributed by atoms with Crippen molar-refractivity contribution in [2.75, 3.05) is 25.0 Å². The highest BCUT2D eigenvalue weighted by molar-refractivity contribution is 5.94. The van der Waals surface area contributed by atoms with Crippen LogP contribution >= 0.6 is 0 Å². The van der Waals surface area contributed by atoms with Gasteiger partial charge in [0, 0.05) is 25.8 Å². The van der Waals surface area contributed by atoms with Crippen LogP contribution in [0.2, 0.25) is 0 Å². The molecular formula is C19H22N2O. The molecule has 0 spiro atoms. The number of carbonyl (C=O) groups excluding carboxylic acids is 1. The lowest BCUT2D eigenvalue weighted by atomic mass is 9.97. The Morgan fingerprint density at radius 3 is 2.27 bits per heavy atom. The summed E-state index contributed by atoms with van der Waals surface area (Å²) in [5.41, 5.74) is 4.73. The van der Waals surface area contributed by atoms with E-state index in [1.54, 1.807) is 4.90 Å². The monoisotopic (exact) mass is 294 g/mol. The molecule has 3 rings (SSSR count). The molecule has 0 radical (unpaired) electrons. The molecule has 0 N–H and O–H groups in total. The molecular weight excluding hydrogens is 272 g/mol. The predicted octanol–water partition coefficient (Wildman–Crippen LogP) is 4.35. The molecule has 0 aromatic heterocycles. The van der Waals surface area contributed by atoms with E-state index in [0.717, 1.165) is 18.8 Å². The summed E-state index contributed by atoms with van der Waals surface area (Å²) in [6, 6.07) is 17.0. The van der Waals surface area contributed by atoms with Gasteiger partial charge in [-0.1, -0.05) is 50.2 Å². The average Bonchev–Trinajstić information content (AvgIpc) is 2.87. The predicted molar refractivity (Wildman–Crippen MR) is 91.3 cm³/mol. The van der Waals surface area contributed by atoms with Crippen LogP contribution in [0, 0.1) is 0 Å². The Morgan fingerprint density at radius 2 is 1.68 bits per heavy atom. The first-order chi connectivity index (χ1) is 10.6. The fourth-order valence-corrected chi connectivity index (χ4v) is 2.80. The van der Waals surface area contributed by atoms with Gasteiger partial charge in [0.25, 0.3) is 0 Å². The van der Waals surface area contributed by atoms with Gasteiger partial charge < -0.3 is 4.90 Å². The Bertz CT molecular complexity index is 676. The van der Waals surface area contributed by atoms with Gasteiger partial charge in [-0.2, -0.15) is 0 Å². The summed E-state index contributed by atoms with van der Waals surface area (Å²) in [5, 5.41) is 0. The Hall–Kier alpha value is -2.29. The molecule has 2 amide bonds. The zero-order chi connectivity index (χ0) is 15.7. The quantitative estimate of drug-likeness (QED) is 0.825. The molecule has 0 unspecified atom stereocenters. The van der Waals surface area contributed by atoms with Crippen molar-refractivity contribution in [2.45, 2.75) is 19.8 Å². The third-order valence-corrected chi connectivity index (χ3v) is 4.28. The normalized spacial score (nSPS) is 15.0. The lowest BCUT2D eigenvalue weighted by molar-refractivity contribution is 0.229. The van der Waals surface area contributed by atoms with Crippen molar-refractivity contribution in [3.05, 3.63) is 54.1 Å². The average molecular weight is 294 g/mol. The summed E-state index contributed by atoms with van der Waals surface area (Å²) < 4.78 is 0. The first-order valence-electron chi connectivity index (χ1n) is 7.79. The first kappa shape index (κ1) is 14.6. The van der Waals surface area contributed by atoms with Gasteiger partial charge in [-0.05, 0) is 34.7 Å². The van der Waals surface area contributed by atoms with Crippen LogP contribution in [0.1, 0.15) is 25.3 Å². The van der Waals surface area contributed by atoms with E-state index < -0.39 is 0 Å². The van der Waals surface area contributed by atoms with Crippen molar-refractivity contribution in [1.29, 1.82) is 0 Å². The second kappa shape index (κ2) is 5.84. The Kier molecular flexibility index (Phi) is 3.88. The molecule has 0 saturated carbocycles. The fourth-order valence-electron chi connectivity index (χ4n) is 2.80. The highest BCUT2D eigenvalue weighted by atomic mass is 16.2. The number of likely N-dealkylation sites (N-methyl/N-ethyl adjacent to an activating group) is 1. The van der Waals surface area contributed by atoms with E-state index in [-0.39, 0.29) is 6.03 Å². The highest BCUT2D eigenvalue weighted by Gasteiger charge is 2.26. The smallest absolute Gasteiger partial charge is 0.324 e.